The van der Waals surface area contributed by atoms with Gasteiger partial charge in [-0.15, -0.1) is 0 Å². The zero-order valence-electron chi connectivity index (χ0n) is 28.6. The highest BCUT2D eigenvalue weighted by molar-refractivity contribution is 6.74. The largest absolute Gasteiger partial charge is 0.618 e. The molecule has 4 aliphatic rings. The first kappa shape index (κ1) is 34.4. The molecule has 0 unspecified atom stereocenters. The Kier molecular flexibility index (Phi) is 8.65. The topological polar surface area (TPSA) is 87.7 Å². The van der Waals surface area contributed by atoms with Crippen LogP contribution in [0.3, 0.4) is 0 Å². The lowest BCUT2D eigenvalue weighted by Crippen LogP contribution is -2.50. The molecule has 2 atom stereocenters. The average Bonchev–Trinajstić information content (AvgIpc) is 3.29. The number of ether oxygens (including phenoxy) is 3. The number of benzene rings is 1. The van der Waals surface area contributed by atoms with Crippen LogP contribution in [0.1, 0.15) is 130 Å². The van der Waals surface area contributed by atoms with Gasteiger partial charge < -0.3 is 23.8 Å². The monoisotopic (exact) mass is 672 g/mol. The normalized spacial score (nSPS) is 24.5. The summed E-state index contributed by atoms with van der Waals surface area (Å²) in [7, 11) is -2.33. The van der Waals surface area contributed by atoms with Crippen molar-refractivity contribution in [1.82, 2.24) is 0 Å². The van der Waals surface area contributed by atoms with E-state index < -0.39 is 37.3 Å². The van der Waals surface area contributed by atoms with Crippen molar-refractivity contribution in [1.29, 1.82) is 5.26 Å². The molecule has 0 amide bonds. The zero-order chi connectivity index (χ0) is 34.2. The summed E-state index contributed by atoms with van der Waals surface area (Å²) in [6.07, 6.45) is -2.16. The van der Waals surface area contributed by atoms with E-state index in [9.17, 15) is 23.6 Å². The molecule has 4 heterocycles. The lowest BCUT2D eigenvalue weighted by Gasteiger charge is -2.45. The number of rotatable bonds is 4. The fourth-order valence-corrected chi connectivity index (χ4v) is 9.15. The van der Waals surface area contributed by atoms with Crippen molar-refractivity contribution in [3.8, 4) is 6.07 Å². The second kappa shape index (κ2) is 11.8. The van der Waals surface area contributed by atoms with Crippen LogP contribution in [0, 0.1) is 22.0 Å². The van der Waals surface area contributed by atoms with Crippen LogP contribution in [0.5, 0.6) is 0 Å². The van der Waals surface area contributed by atoms with Crippen molar-refractivity contribution in [3.63, 3.8) is 0 Å². The highest BCUT2D eigenvalue weighted by Gasteiger charge is 2.57. The molecule has 1 spiro atoms. The van der Waals surface area contributed by atoms with E-state index >= 15 is 0 Å². The first-order valence-corrected chi connectivity index (χ1v) is 19.7. The quantitative estimate of drug-likeness (QED) is 0.185. The Balaban J connectivity index is 1.67. The molecule has 6 rings (SSSR count). The van der Waals surface area contributed by atoms with Crippen LogP contribution in [0.15, 0.2) is 18.2 Å². The molecule has 1 aromatic carbocycles. The van der Waals surface area contributed by atoms with Gasteiger partial charge in [-0.1, -0.05) is 40.7 Å². The summed E-state index contributed by atoms with van der Waals surface area (Å²) in [4.78, 5) is 0. The van der Waals surface area contributed by atoms with Gasteiger partial charge >= 0.3 is 6.18 Å². The van der Waals surface area contributed by atoms with E-state index in [0.717, 1.165) is 33.9 Å². The van der Waals surface area contributed by atoms with Gasteiger partial charge in [0.2, 0.25) is 5.69 Å². The zero-order valence-corrected chi connectivity index (χ0v) is 29.6. The van der Waals surface area contributed by atoms with Crippen LogP contribution in [-0.2, 0) is 36.8 Å². The number of halogens is 3. The van der Waals surface area contributed by atoms with Gasteiger partial charge in [0, 0.05) is 57.2 Å². The molecular formula is C36H47F3N2O5Si. The fraction of sp³-hybridized carbons (Fsp3) is 0.667. The highest BCUT2D eigenvalue weighted by Crippen LogP contribution is 2.59. The Morgan fingerprint density at radius 3 is 2.26 bits per heavy atom. The summed E-state index contributed by atoms with van der Waals surface area (Å²) in [5.41, 5.74) is 1.90. The average molecular weight is 673 g/mol. The van der Waals surface area contributed by atoms with E-state index in [4.69, 9.17) is 18.6 Å². The maximum absolute atomic E-state index is 15.0. The molecule has 256 valence electrons. The summed E-state index contributed by atoms with van der Waals surface area (Å²) < 4.78 is 68.7. The molecule has 3 aliphatic heterocycles. The molecule has 2 aromatic rings. The van der Waals surface area contributed by atoms with Crippen molar-refractivity contribution in [2.75, 3.05) is 26.4 Å². The van der Waals surface area contributed by atoms with Crippen molar-refractivity contribution in [2.24, 2.45) is 5.41 Å². The molecule has 0 N–H and O–H groups in total. The number of fused-ring (bicyclic) bond motifs is 4. The molecule has 2 fully saturated rings. The molecular weight excluding hydrogens is 625 g/mol. The minimum atomic E-state index is -4.68. The Hall–Kier alpha value is -2.49. The van der Waals surface area contributed by atoms with Gasteiger partial charge in [0.15, 0.2) is 14.0 Å². The third-order valence-electron chi connectivity index (χ3n) is 11.3. The summed E-state index contributed by atoms with van der Waals surface area (Å²) in [6, 6.07) is 5.43. The third-order valence-corrected chi connectivity index (χ3v) is 15.8. The van der Waals surface area contributed by atoms with Crippen molar-refractivity contribution < 1.29 is 36.5 Å². The molecule has 1 aliphatic carbocycles. The molecule has 11 heteroatoms. The number of nitrogens with zero attached hydrogens (tertiary/aromatic N) is 2. The lowest BCUT2D eigenvalue weighted by molar-refractivity contribution is -0.627. The molecule has 47 heavy (non-hydrogen) atoms. The number of pyridine rings is 1. The summed E-state index contributed by atoms with van der Waals surface area (Å²) in [5.74, 6) is -0.115. The Morgan fingerprint density at radius 2 is 1.66 bits per heavy atom. The van der Waals surface area contributed by atoms with Crippen molar-refractivity contribution in [2.45, 2.75) is 121 Å². The number of hydrogen-bond acceptors (Lipinski definition) is 6. The number of alkyl halides is 3. The van der Waals surface area contributed by atoms with Crippen LogP contribution in [0.4, 0.5) is 13.2 Å². The van der Waals surface area contributed by atoms with E-state index in [2.05, 4.69) is 47.7 Å². The SMILES string of the molecule is CC1(C)Cc2c(c3c(c(C4CCOCC4)[n+]2[O-])[C@@H](c2ccc(C(F)(F)F)c(C#N)c2)OC32CCOCC2)[C@@H](O[Si](C)(C)C(C)(C)C)C1. The van der Waals surface area contributed by atoms with Crippen LogP contribution in [-0.4, -0.2) is 34.7 Å². The Bertz CT molecular complexity index is 1580. The van der Waals surface area contributed by atoms with Crippen LogP contribution >= 0.6 is 0 Å². The highest BCUT2D eigenvalue weighted by atomic mass is 28.4. The standard InChI is InChI=1S/C36H47F3N2O5Si/c1-33(2,3)47(6,7)46-27-20-34(4,5)19-26-28(27)30-29(31(41(26)42)22-10-14-43-15-11-22)32(45-35(30)12-16-44-17-13-35)23-8-9-25(36(37,38)39)24(18-23)21-40/h8-9,18,22,27,32H,10-17,19-20H2,1-7H3/t27-,32+/m0/s1. The third kappa shape index (κ3) is 6.03. The maximum atomic E-state index is 15.0. The first-order chi connectivity index (χ1) is 21.9. The van der Waals surface area contributed by atoms with E-state index in [-0.39, 0.29) is 22.5 Å². The van der Waals surface area contributed by atoms with Gasteiger partial charge in [-0.25, -0.2) is 0 Å². The molecule has 2 saturated heterocycles. The number of hydrogen-bond donors (Lipinski definition) is 0. The number of aromatic nitrogens is 1. The van der Waals surface area contributed by atoms with Crippen LogP contribution in [0.25, 0.3) is 0 Å². The van der Waals surface area contributed by atoms with Gasteiger partial charge in [0.05, 0.1) is 40.0 Å². The van der Waals surface area contributed by atoms with E-state index in [0.29, 0.717) is 75.5 Å². The Labute approximate surface area is 277 Å². The van der Waals surface area contributed by atoms with Gasteiger partial charge in [0.25, 0.3) is 0 Å². The predicted octanol–water partition coefficient (Wildman–Crippen LogP) is 8.27. The molecule has 7 nitrogen and oxygen atoms in total. The second-order valence-electron chi connectivity index (χ2n) is 16.1. The van der Waals surface area contributed by atoms with Crippen molar-refractivity contribution in [3.05, 3.63) is 68.2 Å². The van der Waals surface area contributed by atoms with E-state index in [1.165, 1.54) is 12.1 Å². The number of nitriles is 1. The summed E-state index contributed by atoms with van der Waals surface area (Å²) in [6.45, 7) is 17.4. The van der Waals surface area contributed by atoms with E-state index in [1.807, 2.05) is 0 Å². The van der Waals surface area contributed by atoms with Gasteiger partial charge in [-0.05, 0) is 60.5 Å². The van der Waals surface area contributed by atoms with Crippen LogP contribution in [0.2, 0.25) is 18.1 Å². The van der Waals surface area contributed by atoms with Gasteiger partial charge in [-0.3, -0.25) is 0 Å². The minimum Gasteiger partial charge on any atom is -0.618 e. The predicted molar refractivity (Wildman–Crippen MR) is 172 cm³/mol. The summed E-state index contributed by atoms with van der Waals surface area (Å²) >= 11 is 0. The molecule has 0 radical (unpaired) electrons. The molecule has 0 saturated carbocycles. The molecule has 1 aromatic heterocycles. The fourth-order valence-electron chi connectivity index (χ4n) is 7.88. The molecule has 0 bridgehead atoms. The smallest absolute Gasteiger partial charge is 0.417 e. The minimum absolute atomic E-state index is 0.0727. The van der Waals surface area contributed by atoms with Gasteiger partial charge in [-0.2, -0.15) is 23.2 Å². The van der Waals surface area contributed by atoms with Crippen molar-refractivity contribution >= 4 is 8.32 Å². The lowest BCUT2D eigenvalue weighted by atomic mass is 9.69. The maximum Gasteiger partial charge on any atom is 0.417 e. The second-order valence-corrected chi connectivity index (χ2v) is 20.9. The van der Waals surface area contributed by atoms with Crippen LogP contribution < -0.4 is 4.73 Å². The summed E-state index contributed by atoms with van der Waals surface area (Å²) in [5, 5.41) is 24.7. The Morgan fingerprint density at radius 1 is 1.02 bits per heavy atom. The van der Waals surface area contributed by atoms with Gasteiger partial charge in [0.1, 0.15) is 6.10 Å². The van der Waals surface area contributed by atoms with E-state index in [1.54, 1.807) is 6.07 Å². The first-order valence-electron chi connectivity index (χ1n) is 16.8.